The van der Waals surface area contributed by atoms with Crippen LogP contribution in [0.25, 0.3) is 0 Å². The maximum Gasteiger partial charge on any atom is 0.269 e. The summed E-state index contributed by atoms with van der Waals surface area (Å²) in [6.07, 6.45) is 0. The third-order valence-electron chi connectivity index (χ3n) is 2.03. The van der Waals surface area contributed by atoms with Crippen molar-refractivity contribution < 1.29 is 9.59 Å². The normalized spacial score (nSPS) is 10.2. The maximum atomic E-state index is 11.8. The summed E-state index contributed by atoms with van der Waals surface area (Å²) >= 11 is 2.30. The maximum absolute atomic E-state index is 11.8. The molecule has 0 aliphatic rings. The molecule has 0 saturated heterocycles. The van der Waals surface area contributed by atoms with Crippen LogP contribution in [0.3, 0.4) is 0 Å². The Labute approximate surface area is 105 Å². The number of thiophene rings is 1. The minimum Gasteiger partial charge on any atom is -0.366 e. The fourth-order valence-corrected chi connectivity index (χ4v) is 2.52. The molecule has 17 heavy (non-hydrogen) atoms. The van der Waals surface area contributed by atoms with E-state index >= 15 is 0 Å². The van der Waals surface area contributed by atoms with Crippen LogP contribution < -0.4 is 11.1 Å². The summed E-state index contributed by atoms with van der Waals surface area (Å²) in [6.45, 7) is 1.70. The molecule has 88 valence electrons. The fourth-order valence-electron chi connectivity index (χ4n) is 1.20. The Morgan fingerprint density at radius 2 is 2.18 bits per heavy atom. The zero-order chi connectivity index (χ0) is 12.4. The number of nitrogens with one attached hydrogen (secondary N) is 1. The van der Waals surface area contributed by atoms with Crippen LogP contribution in [-0.4, -0.2) is 21.4 Å². The van der Waals surface area contributed by atoms with Crippen molar-refractivity contribution in [2.24, 2.45) is 5.73 Å². The van der Waals surface area contributed by atoms with Crippen LogP contribution in [-0.2, 0) is 0 Å². The minimum absolute atomic E-state index is 0.304. The molecule has 0 aromatic carbocycles. The van der Waals surface area contributed by atoms with Gasteiger partial charge in [0.2, 0.25) is 0 Å². The van der Waals surface area contributed by atoms with Gasteiger partial charge in [-0.15, -0.1) is 16.4 Å². The standard InChI is InChI=1S/C9H8N4O2S2/c1-4-7(17-13-12-4)9(15)11-6-3-16-2-5(6)8(10)14/h2-3H,1H3,(H2,10,14)(H,11,15). The van der Waals surface area contributed by atoms with E-state index in [-0.39, 0.29) is 5.91 Å². The number of aromatic nitrogens is 2. The number of aryl methyl sites for hydroxylation is 1. The largest absolute Gasteiger partial charge is 0.366 e. The number of nitrogens with two attached hydrogens (primary N) is 1. The van der Waals surface area contributed by atoms with Gasteiger partial charge in [0.05, 0.1) is 16.9 Å². The Morgan fingerprint density at radius 1 is 1.41 bits per heavy atom. The van der Waals surface area contributed by atoms with Crippen molar-refractivity contribution in [2.75, 3.05) is 5.32 Å². The van der Waals surface area contributed by atoms with Gasteiger partial charge in [-0.25, -0.2) is 0 Å². The summed E-state index contributed by atoms with van der Waals surface area (Å²) in [5, 5.41) is 9.61. The lowest BCUT2D eigenvalue weighted by Crippen LogP contribution is -2.16. The SMILES string of the molecule is Cc1nnsc1C(=O)Nc1cscc1C(N)=O. The zero-order valence-electron chi connectivity index (χ0n) is 8.76. The Morgan fingerprint density at radius 3 is 2.76 bits per heavy atom. The van der Waals surface area contributed by atoms with Crippen LogP contribution in [0.1, 0.15) is 25.7 Å². The molecule has 6 nitrogen and oxygen atoms in total. The lowest BCUT2D eigenvalue weighted by atomic mass is 10.2. The van der Waals surface area contributed by atoms with E-state index in [1.54, 1.807) is 17.7 Å². The van der Waals surface area contributed by atoms with Gasteiger partial charge >= 0.3 is 0 Å². The first-order valence-electron chi connectivity index (χ1n) is 4.56. The number of hydrogen-bond acceptors (Lipinski definition) is 6. The molecule has 0 aliphatic carbocycles. The monoisotopic (exact) mass is 268 g/mol. The Kier molecular flexibility index (Phi) is 3.16. The molecule has 2 heterocycles. The van der Waals surface area contributed by atoms with Crippen molar-refractivity contribution in [3.8, 4) is 0 Å². The fraction of sp³-hybridized carbons (Fsp3) is 0.111. The van der Waals surface area contributed by atoms with E-state index in [4.69, 9.17) is 5.73 Å². The van der Waals surface area contributed by atoms with Gasteiger partial charge in [0.15, 0.2) is 0 Å². The quantitative estimate of drug-likeness (QED) is 0.875. The smallest absolute Gasteiger partial charge is 0.269 e. The average molecular weight is 268 g/mol. The van der Waals surface area contributed by atoms with E-state index in [0.717, 1.165) is 11.5 Å². The summed E-state index contributed by atoms with van der Waals surface area (Å²) in [7, 11) is 0. The second-order valence-electron chi connectivity index (χ2n) is 3.20. The number of amides is 2. The topological polar surface area (TPSA) is 98.0 Å². The van der Waals surface area contributed by atoms with Gasteiger partial charge in [0.1, 0.15) is 4.88 Å². The number of rotatable bonds is 3. The van der Waals surface area contributed by atoms with Crippen LogP contribution in [0.2, 0.25) is 0 Å². The molecule has 0 unspecified atom stereocenters. The molecular formula is C9H8N4O2S2. The van der Waals surface area contributed by atoms with Crippen LogP contribution in [0.4, 0.5) is 5.69 Å². The lowest BCUT2D eigenvalue weighted by Gasteiger charge is -2.02. The first-order valence-corrected chi connectivity index (χ1v) is 6.27. The second-order valence-corrected chi connectivity index (χ2v) is 4.70. The molecule has 0 bridgehead atoms. The number of primary amides is 1. The summed E-state index contributed by atoms with van der Waals surface area (Å²) in [4.78, 5) is 23.3. The summed E-state index contributed by atoms with van der Waals surface area (Å²) in [5.74, 6) is -0.904. The van der Waals surface area contributed by atoms with E-state index in [1.165, 1.54) is 11.3 Å². The molecule has 0 aliphatic heterocycles. The Bertz CT molecular complexity index is 575. The molecule has 8 heteroatoms. The number of hydrogen-bond donors (Lipinski definition) is 2. The van der Waals surface area contributed by atoms with Crippen LogP contribution in [0.5, 0.6) is 0 Å². The van der Waals surface area contributed by atoms with Crippen LogP contribution in [0, 0.1) is 6.92 Å². The van der Waals surface area contributed by atoms with Crippen molar-refractivity contribution in [2.45, 2.75) is 6.92 Å². The van der Waals surface area contributed by atoms with Gasteiger partial charge in [-0.1, -0.05) is 4.49 Å². The first-order chi connectivity index (χ1) is 8.09. The van der Waals surface area contributed by atoms with E-state index < -0.39 is 5.91 Å². The van der Waals surface area contributed by atoms with Gasteiger partial charge in [-0.3, -0.25) is 9.59 Å². The highest BCUT2D eigenvalue weighted by Gasteiger charge is 2.16. The van der Waals surface area contributed by atoms with Crippen molar-refractivity contribution in [3.05, 3.63) is 26.9 Å². The molecule has 2 rings (SSSR count). The number of carbonyl (C=O) groups excluding carboxylic acids is 2. The zero-order valence-corrected chi connectivity index (χ0v) is 10.4. The average Bonchev–Trinajstić information content (AvgIpc) is 2.86. The molecule has 0 radical (unpaired) electrons. The second kappa shape index (κ2) is 4.60. The lowest BCUT2D eigenvalue weighted by molar-refractivity contribution is 0.100. The number of anilines is 1. The van der Waals surface area contributed by atoms with E-state index in [1.807, 2.05) is 0 Å². The summed E-state index contributed by atoms with van der Waals surface area (Å²) in [6, 6.07) is 0. The summed E-state index contributed by atoms with van der Waals surface area (Å²) in [5.41, 5.74) is 6.46. The van der Waals surface area contributed by atoms with Crippen molar-refractivity contribution >= 4 is 40.4 Å². The van der Waals surface area contributed by atoms with Gasteiger partial charge in [0.25, 0.3) is 11.8 Å². The van der Waals surface area contributed by atoms with E-state index in [2.05, 4.69) is 14.9 Å². The highest BCUT2D eigenvalue weighted by Crippen LogP contribution is 2.22. The van der Waals surface area contributed by atoms with Crippen molar-refractivity contribution in [1.82, 2.24) is 9.59 Å². The third-order valence-corrected chi connectivity index (χ3v) is 3.60. The van der Waals surface area contributed by atoms with Crippen LogP contribution in [0.15, 0.2) is 10.8 Å². The third kappa shape index (κ3) is 2.32. The van der Waals surface area contributed by atoms with E-state index in [9.17, 15) is 9.59 Å². The molecular weight excluding hydrogens is 260 g/mol. The molecule has 0 saturated carbocycles. The van der Waals surface area contributed by atoms with Gasteiger partial charge in [-0.05, 0) is 18.5 Å². The number of nitrogens with zero attached hydrogens (tertiary/aromatic N) is 2. The highest BCUT2D eigenvalue weighted by molar-refractivity contribution is 7.09. The van der Waals surface area contributed by atoms with Gasteiger partial charge < -0.3 is 11.1 Å². The van der Waals surface area contributed by atoms with Crippen molar-refractivity contribution in [3.63, 3.8) is 0 Å². The van der Waals surface area contributed by atoms with Crippen LogP contribution >= 0.6 is 22.9 Å². The van der Waals surface area contributed by atoms with Gasteiger partial charge in [-0.2, -0.15) is 0 Å². The first kappa shape index (κ1) is 11.7. The predicted molar refractivity (Wildman–Crippen MR) is 65.4 cm³/mol. The van der Waals surface area contributed by atoms with Crippen molar-refractivity contribution in [1.29, 1.82) is 0 Å². The number of carbonyl (C=O) groups is 2. The van der Waals surface area contributed by atoms with Gasteiger partial charge in [0, 0.05) is 10.8 Å². The summed E-state index contributed by atoms with van der Waals surface area (Å²) < 4.78 is 3.67. The Balaban J connectivity index is 2.22. The molecule has 0 fully saturated rings. The molecule has 0 spiro atoms. The molecule has 2 aromatic rings. The van der Waals surface area contributed by atoms with E-state index in [0.29, 0.717) is 21.8 Å². The minimum atomic E-state index is -0.569. The predicted octanol–water partition coefficient (Wildman–Crippen LogP) is 1.26. The molecule has 2 amide bonds. The highest BCUT2D eigenvalue weighted by atomic mass is 32.1. The Hall–Kier alpha value is -1.80. The molecule has 3 N–H and O–H groups in total. The molecule has 2 aromatic heterocycles. The molecule has 0 atom stereocenters.